The third kappa shape index (κ3) is 4.89. The Morgan fingerprint density at radius 3 is 2.37 bits per heavy atom. The first kappa shape index (κ1) is 15.5. The number of amides is 1. The molecule has 0 heterocycles. The summed E-state index contributed by atoms with van der Waals surface area (Å²) in [5, 5.41) is 12.4. The fourth-order valence-electron chi connectivity index (χ4n) is 2.43. The molecular weight excluding hydrogens is 245 g/mol. The van der Waals surface area contributed by atoms with Crippen LogP contribution in [0.4, 0.5) is 4.39 Å². The summed E-state index contributed by atoms with van der Waals surface area (Å²) in [5.41, 5.74) is -0.420. The Balaban J connectivity index is 2.87. The Kier molecular flexibility index (Phi) is 4.23. The lowest BCUT2D eigenvalue weighted by Crippen LogP contribution is -2.45. The van der Waals surface area contributed by atoms with Gasteiger partial charge in [0.15, 0.2) is 0 Å². The summed E-state index contributed by atoms with van der Waals surface area (Å²) in [4.78, 5) is 12.1. The van der Waals surface area contributed by atoms with Crippen LogP contribution < -0.4 is 5.32 Å². The molecule has 1 amide bonds. The molecule has 0 saturated carbocycles. The van der Waals surface area contributed by atoms with E-state index in [-0.39, 0.29) is 16.7 Å². The fraction of sp³-hybridized carbons (Fsp3) is 0.533. The van der Waals surface area contributed by atoms with Crippen molar-refractivity contribution >= 4 is 5.91 Å². The first-order valence-corrected chi connectivity index (χ1v) is 6.31. The summed E-state index contributed by atoms with van der Waals surface area (Å²) in [6.07, 6.45) is 0.766. The summed E-state index contributed by atoms with van der Waals surface area (Å²) in [7, 11) is 0. The molecule has 0 aliphatic heterocycles. The van der Waals surface area contributed by atoms with E-state index in [1.165, 1.54) is 6.07 Å². The number of phenols is 1. The van der Waals surface area contributed by atoms with Crippen LogP contribution in [-0.2, 0) is 0 Å². The van der Waals surface area contributed by atoms with Gasteiger partial charge in [-0.1, -0.05) is 20.8 Å². The Bertz CT molecular complexity index is 476. The van der Waals surface area contributed by atoms with Gasteiger partial charge in [0.25, 0.3) is 5.91 Å². The van der Waals surface area contributed by atoms with Crippen molar-refractivity contribution in [3.8, 4) is 5.75 Å². The first-order chi connectivity index (χ1) is 8.50. The summed E-state index contributed by atoms with van der Waals surface area (Å²) < 4.78 is 13.1. The van der Waals surface area contributed by atoms with Crippen molar-refractivity contribution < 1.29 is 14.3 Å². The second-order valence-corrected chi connectivity index (χ2v) is 6.74. The number of carbonyl (C=O) groups is 1. The Hall–Kier alpha value is -1.58. The van der Waals surface area contributed by atoms with Crippen LogP contribution in [0.1, 0.15) is 51.4 Å². The first-order valence-electron chi connectivity index (χ1n) is 6.31. The van der Waals surface area contributed by atoms with Crippen molar-refractivity contribution in [2.75, 3.05) is 0 Å². The highest BCUT2D eigenvalue weighted by Crippen LogP contribution is 2.27. The highest BCUT2D eigenvalue weighted by Gasteiger charge is 2.28. The van der Waals surface area contributed by atoms with Crippen molar-refractivity contribution in [1.82, 2.24) is 5.32 Å². The molecule has 0 aliphatic carbocycles. The largest absolute Gasteiger partial charge is 0.507 e. The number of aromatic hydroxyl groups is 1. The van der Waals surface area contributed by atoms with Gasteiger partial charge in [0.2, 0.25) is 0 Å². The van der Waals surface area contributed by atoms with Crippen LogP contribution in [0.5, 0.6) is 5.75 Å². The molecule has 0 aliphatic rings. The van der Waals surface area contributed by atoms with Crippen molar-refractivity contribution in [3.63, 3.8) is 0 Å². The third-order valence-electron chi connectivity index (χ3n) is 2.63. The highest BCUT2D eigenvalue weighted by atomic mass is 19.1. The predicted octanol–water partition coefficient (Wildman–Crippen LogP) is 3.48. The topological polar surface area (TPSA) is 49.3 Å². The molecule has 0 spiro atoms. The van der Waals surface area contributed by atoms with E-state index in [0.717, 1.165) is 18.6 Å². The minimum atomic E-state index is -0.545. The van der Waals surface area contributed by atoms with E-state index in [1.54, 1.807) is 0 Å². The molecule has 0 radical (unpaired) electrons. The monoisotopic (exact) mass is 267 g/mol. The number of hydrogen-bond acceptors (Lipinski definition) is 2. The van der Waals surface area contributed by atoms with E-state index >= 15 is 0 Å². The Morgan fingerprint density at radius 2 is 1.84 bits per heavy atom. The van der Waals surface area contributed by atoms with E-state index < -0.39 is 17.3 Å². The van der Waals surface area contributed by atoms with Crippen LogP contribution in [0.2, 0.25) is 0 Å². The van der Waals surface area contributed by atoms with Gasteiger partial charge in [0.1, 0.15) is 11.6 Å². The number of halogens is 1. The molecule has 106 valence electrons. The van der Waals surface area contributed by atoms with Crippen LogP contribution in [0.3, 0.4) is 0 Å². The lowest BCUT2D eigenvalue weighted by molar-refractivity contribution is 0.0888. The second kappa shape index (κ2) is 5.19. The number of phenolic OH excluding ortho intramolecular Hbond substituents is 1. The molecule has 4 heteroatoms. The molecule has 1 rings (SSSR count). The van der Waals surface area contributed by atoms with Gasteiger partial charge in [0, 0.05) is 5.54 Å². The van der Waals surface area contributed by atoms with Crippen molar-refractivity contribution in [2.24, 2.45) is 5.41 Å². The van der Waals surface area contributed by atoms with Crippen LogP contribution >= 0.6 is 0 Å². The van der Waals surface area contributed by atoms with E-state index in [2.05, 4.69) is 26.1 Å². The van der Waals surface area contributed by atoms with Gasteiger partial charge in [-0.25, -0.2) is 4.39 Å². The minimum absolute atomic E-state index is 0.0398. The number of benzene rings is 1. The molecule has 3 nitrogen and oxygen atoms in total. The van der Waals surface area contributed by atoms with Crippen LogP contribution in [0, 0.1) is 11.2 Å². The zero-order valence-electron chi connectivity index (χ0n) is 12.2. The maximum atomic E-state index is 13.1. The fourth-order valence-corrected chi connectivity index (χ4v) is 2.43. The molecule has 1 aromatic carbocycles. The summed E-state index contributed by atoms with van der Waals surface area (Å²) in [6, 6.07) is 3.34. The van der Waals surface area contributed by atoms with E-state index in [1.807, 2.05) is 13.8 Å². The zero-order chi connectivity index (χ0) is 14.8. The van der Waals surface area contributed by atoms with Gasteiger partial charge in [0.05, 0.1) is 5.56 Å². The van der Waals surface area contributed by atoms with Crippen molar-refractivity contribution in [1.29, 1.82) is 0 Å². The molecule has 0 bridgehead atoms. The SMILES string of the molecule is CC(C)(C)CC(C)(C)NC(=O)c1cc(F)ccc1O. The summed E-state index contributed by atoms with van der Waals surface area (Å²) >= 11 is 0. The quantitative estimate of drug-likeness (QED) is 0.881. The highest BCUT2D eigenvalue weighted by molar-refractivity contribution is 5.97. The number of hydrogen-bond donors (Lipinski definition) is 2. The van der Waals surface area contributed by atoms with Gasteiger partial charge >= 0.3 is 0 Å². The molecule has 0 unspecified atom stereocenters. The average Bonchev–Trinajstić information content (AvgIpc) is 2.16. The van der Waals surface area contributed by atoms with Gasteiger partial charge in [-0.05, 0) is 43.9 Å². The van der Waals surface area contributed by atoms with Gasteiger partial charge in [-0.2, -0.15) is 0 Å². The molecular formula is C15H22FNO2. The lowest BCUT2D eigenvalue weighted by Gasteiger charge is -2.33. The predicted molar refractivity (Wildman–Crippen MR) is 73.7 cm³/mol. The molecule has 0 aromatic heterocycles. The second-order valence-electron chi connectivity index (χ2n) is 6.74. The van der Waals surface area contributed by atoms with Crippen molar-refractivity contribution in [2.45, 2.75) is 46.6 Å². The average molecular weight is 267 g/mol. The number of carbonyl (C=O) groups excluding carboxylic acids is 1. The standard InChI is InChI=1S/C15H22FNO2/c1-14(2,3)9-15(4,5)17-13(19)11-8-10(16)6-7-12(11)18/h6-8,18H,9H2,1-5H3,(H,17,19). The molecule has 0 saturated heterocycles. The zero-order valence-corrected chi connectivity index (χ0v) is 12.2. The van der Waals surface area contributed by atoms with Gasteiger partial charge in [-0.3, -0.25) is 4.79 Å². The molecule has 0 fully saturated rings. The third-order valence-corrected chi connectivity index (χ3v) is 2.63. The minimum Gasteiger partial charge on any atom is -0.507 e. The molecule has 0 atom stereocenters. The number of rotatable bonds is 3. The van der Waals surface area contributed by atoms with E-state index in [0.29, 0.717) is 0 Å². The van der Waals surface area contributed by atoms with Crippen LogP contribution in [-0.4, -0.2) is 16.6 Å². The van der Waals surface area contributed by atoms with E-state index in [9.17, 15) is 14.3 Å². The maximum Gasteiger partial charge on any atom is 0.255 e. The molecule has 19 heavy (non-hydrogen) atoms. The van der Waals surface area contributed by atoms with Gasteiger partial charge < -0.3 is 10.4 Å². The molecule has 1 aromatic rings. The van der Waals surface area contributed by atoms with Crippen molar-refractivity contribution in [3.05, 3.63) is 29.6 Å². The van der Waals surface area contributed by atoms with Gasteiger partial charge in [-0.15, -0.1) is 0 Å². The number of nitrogens with one attached hydrogen (secondary N) is 1. The maximum absolute atomic E-state index is 13.1. The Morgan fingerprint density at radius 1 is 1.26 bits per heavy atom. The van der Waals surface area contributed by atoms with E-state index in [4.69, 9.17) is 0 Å². The van der Waals surface area contributed by atoms with Crippen LogP contribution in [0.15, 0.2) is 18.2 Å². The Labute approximate surface area is 113 Å². The summed E-state index contributed by atoms with van der Waals surface area (Å²) in [6.45, 7) is 10.1. The lowest BCUT2D eigenvalue weighted by atomic mass is 9.81. The smallest absolute Gasteiger partial charge is 0.255 e. The summed E-state index contributed by atoms with van der Waals surface area (Å²) in [5.74, 6) is -1.23. The van der Waals surface area contributed by atoms with Crippen LogP contribution in [0.25, 0.3) is 0 Å². The normalized spacial score (nSPS) is 12.3. The molecule has 2 N–H and O–H groups in total.